The molecule has 20 heavy (non-hydrogen) atoms. The molecule has 1 aromatic rings. The molecule has 0 saturated carbocycles. The van der Waals surface area contributed by atoms with E-state index in [1.165, 1.54) is 6.92 Å². The van der Waals surface area contributed by atoms with Gasteiger partial charge in [0.15, 0.2) is 0 Å². The number of hydrogen-bond donors (Lipinski definition) is 1. The molecule has 7 heteroatoms. The van der Waals surface area contributed by atoms with E-state index in [0.29, 0.717) is 0 Å². The zero-order chi connectivity index (χ0) is 15.6. The molecule has 1 amide bonds. The van der Waals surface area contributed by atoms with Gasteiger partial charge in [-0.3, -0.25) is 4.79 Å². The third-order valence-corrected chi connectivity index (χ3v) is 2.51. The van der Waals surface area contributed by atoms with Gasteiger partial charge in [0, 0.05) is 24.1 Å². The second-order valence-electron chi connectivity index (χ2n) is 5.56. The summed E-state index contributed by atoms with van der Waals surface area (Å²) in [5.74, 6) is -0.0901. The Morgan fingerprint density at radius 1 is 1.25 bits per heavy atom. The van der Waals surface area contributed by atoms with Crippen LogP contribution in [-0.4, -0.2) is 22.4 Å². The zero-order valence-corrected chi connectivity index (χ0v) is 11.9. The van der Waals surface area contributed by atoms with Gasteiger partial charge in [-0.1, -0.05) is 20.8 Å². The van der Waals surface area contributed by atoms with E-state index in [0.717, 1.165) is 6.07 Å². The lowest BCUT2D eigenvalue weighted by molar-refractivity contribution is -0.141. The van der Waals surface area contributed by atoms with Crippen molar-refractivity contribution in [2.45, 2.75) is 40.3 Å². The van der Waals surface area contributed by atoms with Crippen molar-refractivity contribution in [3.05, 3.63) is 23.3 Å². The molecule has 0 aliphatic rings. The Labute approximate surface area is 115 Å². The van der Waals surface area contributed by atoms with Crippen molar-refractivity contribution in [2.75, 3.05) is 6.54 Å². The zero-order valence-electron chi connectivity index (χ0n) is 11.9. The molecule has 1 N–H and O–H groups in total. The lowest BCUT2D eigenvalue weighted by Gasteiger charge is -2.17. The topological polar surface area (TPSA) is 54.9 Å². The number of carbonyl (C=O) groups excluding carboxylic acids is 1. The van der Waals surface area contributed by atoms with Gasteiger partial charge >= 0.3 is 6.18 Å². The predicted molar refractivity (Wildman–Crippen MR) is 67.9 cm³/mol. The molecule has 0 aromatic carbocycles. The van der Waals surface area contributed by atoms with E-state index in [-0.39, 0.29) is 30.4 Å². The van der Waals surface area contributed by atoms with E-state index in [4.69, 9.17) is 0 Å². The van der Waals surface area contributed by atoms with E-state index < -0.39 is 17.3 Å². The maximum atomic E-state index is 12.6. The van der Waals surface area contributed by atoms with E-state index >= 15 is 0 Å². The molecule has 0 bridgehead atoms. The summed E-state index contributed by atoms with van der Waals surface area (Å²) < 4.78 is 37.8. The van der Waals surface area contributed by atoms with Gasteiger partial charge in [0.05, 0.1) is 0 Å². The molecule has 4 nitrogen and oxygen atoms in total. The van der Waals surface area contributed by atoms with Crippen LogP contribution in [0.3, 0.4) is 0 Å². The molecule has 0 unspecified atom stereocenters. The summed E-state index contributed by atoms with van der Waals surface area (Å²) in [7, 11) is 0. The molecule has 0 radical (unpaired) electrons. The molecule has 0 fully saturated rings. The van der Waals surface area contributed by atoms with Crippen molar-refractivity contribution in [3.8, 4) is 0 Å². The number of alkyl halides is 3. The SMILES string of the molecule is Cc1cc(C(F)(F)F)nc(CCNC(=O)C(C)(C)C)n1. The predicted octanol–water partition coefficient (Wildman–Crippen LogP) is 2.51. The third kappa shape index (κ3) is 4.79. The standard InChI is InChI=1S/C13H18F3N3O/c1-8-7-9(13(14,15)16)19-10(18-8)5-6-17-11(20)12(2,3)4/h7H,5-6H2,1-4H3,(H,17,20). The molecular formula is C13H18F3N3O. The van der Waals surface area contributed by atoms with Crippen molar-refractivity contribution >= 4 is 5.91 Å². The Morgan fingerprint density at radius 3 is 2.35 bits per heavy atom. The first-order valence-electron chi connectivity index (χ1n) is 6.20. The Hall–Kier alpha value is -1.66. The average molecular weight is 289 g/mol. The highest BCUT2D eigenvalue weighted by Gasteiger charge is 2.33. The highest BCUT2D eigenvalue weighted by Crippen LogP contribution is 2.27. The minimum Gasteiger partial charge on any atom is -0.355 e. The number of nitrogens with one attached hydrogen (secondary N) is 1. The van der Waals surface area contributed by atoms with Gasteiger partial charge in [-0.15, -0.1) is 0 Å². The Balaban J connectivity index is 2.70. The van der Waals surface area contributed by atoms with E-state index in [9.17, 15) is 18.0 Å². The van der Waals surface area contributed by atoms with Crippen molar-refractivity contribution in [1.82, 2.24) is 15.3 Å². The summed E-state index contributed by atoms with van der Waals surface area (Å²) in [4.78, 5) is 19.0. The van der Waals surface area contributed by atoms with Crippen LogP contribution in [0.5, 0.6) is 0 Å². The molecule has 1 aromatic heterocycles. The molecular weight excluding hydrogens is 271 g/mol. The Morgan fingerprint density at radius 2 is 1.85 bits per heavy atom. The smallest absolute Gasteiger partial charge is 0.355 e. The van der Waals surface area contributed by atoms with E-state index in [1.807, 2.05) is 0 Å². The van der Waals surface area contributed by atoms with Gasteiger partial charge in [-0.05, 0) is 13.0 Å². The highest BCUT2D eigenvalue weighted by atomic mass is 19.4. The molecule has 112 valence electrons. The fourth-order valence-corrected chi connectivity index (χ4v) is 1.44. The van der Waals surface area contributed by atoms with Gasteiger partial charge in [0.2, 0.25) is 5.91 Å². The largest absolute Gasteiger partial charge is 0.433 e. The summed E-state index contributed by atoms with van der Waals surface area (Å²) >= 11 is 0. The van der Waals surface area contributed by atoms with Crippen LogP contribution in [0.2, 0.25) is 0 Å². The van der Waals surface area contributed by atoms with Gasteiger partial charge in [-0.25, -0.2) is 9.97 Å². The Kier molecular flexibility index (Phi) is 4.73. The van der Waals surface area contributed by atoms with E-state index in [1.54, 1.807) is 20.8 Å². The van der Waals surface area contributed by atoms with Crippen LogP contribution < -0.4 is 5.32 Å². The molecule has 1 heterocycles. The number of hydrogen-bond acceptors (Lipinski definition) is 3. The van der Waals surface area contributed by atoms with Crippen LogP contribution in [-0.2, 0) is 17.4 Å². The number of rotatable bonds is 3. The quantitative estimate of drug-likeness (QED) is 0.930. The fraction of sp³-hybridized carbons (Fsp3) is 0.615. The summed E-state index contributed by atoms with van der Waals surface area (Å²) in [5.41, 5.74) is -1.24. The molecule has 0 aliphatic carbocycles. The van der Waals surface area contributed by atoms with Gasteiger partial charge < -0.3 is 5.32 Å². The number of carbonyl (C=O) groups is 1. The molecule has 0 aliphatic heterocycles. The van der Waals surface area contributed by atoms with Crippen LogP contribution in [0, 0.1) is 12.3 Å². The Bertz CT molecular complexity index is 493. The molecule has 1 rings (SSSR count). The number of aromatic nitrogens is 2. The van der Waals surface area contributed by atoms with Crippen LogP contribution >= 0.6 is 0 Å². The maximum Gasteiger partial charge on any atom is 0.433 e. The first-order chi connectivity index (χ1) is 9.00. The molecule has 0 saturated heterocycles. The van der Waals surface area contributed by atoms with E-state index in [2.05, 4.69) is 15.3 Å². The van der Waals surface area contributed by atoms with Crippen LogP contribution in [0.25, 0.3) is 0 Å². The van der Waals surface area contributed by atoms with Crippen molar-refractivity contribution in [3.63, 3.8) is 0 Å². The van der Waals surface area contributed by atoms with Crippen LogP contribution in [0.4, 0.5) is 13.2 Å². The average Bonchev–Trinajstić information content (AvgIpc) is 2.25. The van der Waals surface area contributed by atoms with Crippen molar-refractivity contribution in [1.29, 1.82) is 0 Å². The number of aryl methyl sites for hydroxylation is 1. The summed E-state index contributed by atoms with van der Waals surface area (Å²) in [6.07, 6.45) is -4.33. The number of halogens is 3. The second kappa shape index (κ2) is 5.76. The summed E-state index contributed by atoms with van der Waals surface area (Å²) in [6, 6.07) is 0.900. The number of amides is 1. The third-order valence-electron chi connectivity index (χ3n) is 2.51. The monoisotopic (exact) mass is 289 g/mol. The first-order valence-corrected chi connectivity index (χ1v) is 6.20. The minimum atomic E-state index is -4.49. The highest BCUT2D eigenvalue weighted by molar-refractivity contribution is 5.81. The van der Waals surface area contributed by atoms with Gasteiger partial charge in [-0.2, -0.15) is 13.2 Å². The summed E-state index contributed by atoms with van der Waals surface area (Å²) in [6.45, 7) is 6.96. The second-order valence-corrected chi connectivity index (χ2v) is 5.56. The lowest BCUT2D eigenvalue weighted by Crippen LogP contribution is -2.36. The van der Waals surface area contributed by atoms with Gasteiger partial charge in [0.1, 0.15) is 11.5 Å². The fourth-order valence-electron chi connectivity index (χ4n) is 1.44. The van der Waals surface area contributed by atoms with Crippen LogP contribution in [0.15, 0.2) is 6.07 Å². The van der Waals surface area contributed by atoms with Gasteiger partial charge in [0.25, 0.3) is 0 Å². The van der Waals surface area contributed by atoms with Crippen molar-refractivity contribution < 1.29 is 18.0 Å². The minimum absolute atomic E-state index is 0.0755. The van der Waals surface area contributed by atoms with Crippen LogP contribution in [0.1, 0.15) is 38.0 Å². The van der Waals surface area contributed by atoms with Crippen molar-refractivity contribution in [2.24, 2.45) is 5.41 Å². The lowest BCUT2D eigenvalue weighted by atomic mass is 9.96. The summed E-state index contributed by atoms with van der Waals surface area (Å²) in [5, 5.41) is 2.65. The maximum absolute atomic E-state index is 12.6. The molecule has 0 spiro atoms. The normalized spacial score (nSPS) is 12.3. The first kappa shape index (κ1) is 16.4. The number of nitrogens with zero attached hydrogens (tertiary/aromatic N) is 2. The molecule has 0 atom stereocenters.